The Bertz CT molecular complexity index is 1240. The second kappa shape index (κ2) is 6.55. The smallest absolute Gasteiger partial charge is 0.231 e. The minimum absolute atomic E-state index is 0.00404. The number of hydrogen-bond donors (Lipinski definition) is 0. The van der Waals surface area contributed by atoms with Gasteiger partial charge >= 0.3 is 0 Å². The normalized spacial score (nSPS) is 23.3. The summed E-state index contributed by atoms with van der Waals surface area (Å²) in [5.41, 5.74) is 4.04. The predicted octanol–water partition coefficient (Wildman–Crippen LogP) is 3.23. The van der Waals surface area contributed by atoms with Crippen LogP contribution >= 0.6 is 0 Å². The highest BCUT2D eigenvalue weighted by molar-refractivity contribution is 7.92. The lowest BCUT2D eigenvalue weighted by Crippen LogP contribution is -2.25. The minimum Gasteiger partial charge on any atom is -0.454 e. The molecule has 0 spiro atoms. The van der Waals surface area contributed by atoms with Crippen LogP contribution in [0.4, 0.5) is 0 Å². The third kappa shape index (κ3) is 2.73. The molecule has 6 rings (SSSR count). The van der Waals surface area contributed by atoms with Gasteiger partial charge in [0, 0.05) is 37.9 Å². The number of hydrogen-bond acceptors (Lipinski definition) is 6. The third-order valence-electron chi connectivity index (χ3n) is 6.29. The van der Waals surface area contributed by atoms with Gasteiger partial charge in [0.25, 0.3) is 0 Å². The Hall–Kier alpha value is -2.90. The van der Waals surface area contributed by atoms with E-state index in [1.165, 1.54) is 0 Å². The maximum absolute atomic E-state index is 13.2. The molecule has 0 radical (unpaired) electrons. The van der Waals surface area contributed by atoms with Crippen LogP contribution in [0.2, 0.25) is 0 Å². The number of benzene rings is 2. The van der Waals surface area contributed by atoms with E-state index in [2.05, 4.69) is 9.88 Å². The lowest BCUT2D eigenvalue weighted by atomic mass is 9.95. The van der Waals surface area contributed by atoms with Crippen LogP contribution in [0, 0.1) is 0 Å². The number of rotatable bonds is 3. The van der Waals surface area contributed by atoms with Crippen molar-refractivity contribution in [2.24, 2.45) is 0 Å². The highest BCUT2D eigenvalue weighted by Gasteiger charge is 2.50. The summed E-state index contributed by atoms with van der Waals surface area (Å²) >= 11 is 0. The molecule has 1 saturated heterocycles. The van der Waals surface area contributed by atoms with Gasteiger partial charge in [-0.3, -0.25) is 9.88 Å². The van der Waals surface area contributed by atoms with Crippen molar-refractivity contribution in [1.29, 1.82) is 0 Å². The zero-order chi connectivity index (χ0) is 20.3. The molecule has 152 valence electrons. The Morgan fingerprint density at radius 3 is 2.77 bits per heavy atom. The first-order valence-corrected chi connectivity index (χ1v) is 11.5. The van der Waals surface area contributed by atoms with Crippen molar-refractivity contribution in [2.45, 2.75) is 22.6 Å². The number of fused-ring (bicyclic) bond motifs is 4. The van der Waals surface area contributed by atoms with Gasteiger partial charge < -0.3 is 9.47 Å². The van der Waals surface area contributed by atoms with Crippen LogP contribution in [0.1, 0.15) is 17.0 Å². The molecule has 0 unspecified atom stereocenters. The largest absolute Gasteiger partial charge is 0.454 e. The van der Waals surface area contributed by atoms with Crippen LogP contribution in [0.15, 0.2) is 65.8 Å². The molecule has 4 heterocycles. The van der Waals surface area contributed by atoms with Crippen molar-refractivity contribution in [2.75, 3.05) is 19.9 Å². The Balaban J connectivity index is 1.30. The number of sulfone groups is 1. The number of likely N-dealkylation sites (tertiary alicyclic amines) is 1. The first-order valence-electron chi connectivity index (χ1n) is 9.99. The van der Waals surface area contributed by atoms with Crippen LogP contribution in [0.25, 0.3) is 11.1 Å². The second-order valence-corrected chi connectivity index (χ2v) is 10.2. The van der Waals surface area contributed by atoms with Crippen LogP contribution < -0.4 is 9.47 Å². The Labute approximate surface area is 175 Å². The van der Waals surface area contributed by atoms with Gasteiger partial charge in [0.05, 0.1) is 10.1 Å². The van der Waals surface area contributed by atoms with Crippen molar-refractivity contribution in [1.82, 2.24) is 9.88 Å². The second-order valence-electron chi connectivity index (χ2n) is 8.07. The summed E-state index contributed by atoms with van der Waals surface area (Å²) in [4.78, 5) is 6.91. The lowest BCUT2D eigenvalue weighted by Gasteiger charge is -2.18. The van der Waals surface area contributed by atoms with Gasteiger partial charge in [0.1, 0.15) is 0 Å². The zero-order valence-corrected chi connectivity index (χ0v) is 17.0. The van der Waals surface area contributed by atoms with E-state index in [1.807, 2.05) is 48.7 Å². The molecule has 7 heteroatoms. The van der Waals surface area contributed by atoms with E-state index in [9.17, 15) is 8.42 Å². The fourth-order valence-corrected chi connectivity index (χ4v) is 7.06. The molecule has 3 aliphatic heterocycles. The number of nitrogens with zero attached hydrogens (tertiary/aromatic N) is 2. The molecule has 30 heavy (non-hydrogen) atoms. The van der Waals surface area contributed by atoms with E-state index in [4.69, 9.17) is 9.47 Å². The molecule has 2 aromatic carbocycles. The van der Waals surface area contributed by atoms with Crippen LogP contribution in [0.3, 0.4) is 0 Å². The highest BCUT2D eigenvalue weighted by Crippen LogP contribution is 2.46. The summed E-state index contributed by atoms with van der Waals surface area (Å²) in [6.07, 6.45) is 3.55. The molecule has 3 aliphatic rings. The summed E-state index contributed by atoms with van der Waals surface area (Å²) in [6, 6.07) is 15.5. The standard InChI is InChI=1S/C23H20N2O4S/c26-30(27)22-6-4-16(17-2-1-7-24-10-17)9-18(22)19-12-25(13-23(19)30)11-15-3-5-20-21(8-15)29-14-28-20/h1-10,19,23H,11-14H2/t19-,23+/m1/s1. The average Bonchev–Trinajstić information content (AvgIpc) is 3.45. The van der Waals surface area contributed by atoms with E-state index in [0.29, 0.717) is 18.0 Å². The van der Waals surface area contributed by atoms with E-state index in [1.54, 1.807) is 12.3 Å². The first kappa shape index (κ1) is 17.9. The quantitative estimate of drug-likeness (QED) is 0.648. The summed E-state index contributed by atoms with van der Waals surface area (Å²) < 4.78 is 37.2. The van der Waals surface area contributed by atoms with Crippen LogP contribution in [-0.2, 0) is 16.4 Å². The van der Waals surface area contributed by atoms with Gasteiger partial charge in [-0.25, -0.2) is 8.42 Å². The van der Waals surface area contributed by atoms with Crippen molar-refractivity contribution in [3.8, 4) is 22.6 Å². The Kier molecular flexibility index (Phi) is 3.91. The van der Waals surface area contributed by atoms with Gasteiger partial charge in [0.15, 0.2) is 21.3 Å². The minimum atomic E-state index is -3.32. The van der Waals surface area contributed by atoms with Gasteiger partial charge in [-0.05, 0) is 52.6 Å². The molecule has 6 nitrogen and oxygen atoms in total. The first-order chi connectivity index (χ1) is 14.6. The lowest BCUT2D eigenvalue weighted by molar-refractivity contribution is 0.174. The number of pyridine rings is 1. The molecular formula is C23H20N2O4S. The molecule has 3 aromatic rings. The molecule has 0 N–H and O–H groups in total. The van der Waals surface area contributed by atoms with Gasteiger partial charge in [-0.1, -0.05) is 18.2 Å². The monoisotopic (exact) mass is 420 g/mol. The molecule has 0 bridgehead atoms. The molecule has 1 aromatic heterocycles. The average molecular weight is 420 g/mol. The fourth-order valence-electron chi connectivity index (χ4n) is 4.87. The maximum Gasteiger partial charge on any atom is 0.231 e. The maximum atomic E-state index is 13.2. The molecule has 1 fully saturated rings. The van der Waals surface area contributed by atoms with Crippen LogP contribution in [0.5, 0.6) is 11.5 Å². The van der Waals surface area contributed by atoms with Crippen molar-refractivity contribution in [3.05, 3.63) is 72.1 Å². The van der Waals surface area contributed by atoms with Gasteiger partial charge in [-0.15, -0.1) is 0 Å². The molecule has 2 atom stereocenters. The molecule has 0 aliphatic carbocycles. The van der Waals surface area contributed by atoms with Crippen molar-refractivity contribution < 1.29 is 17.9 Å². The van der Waals surface area contributed by atoms with Crippen molar-refractivity contribution in [3.63, 3.8) is 0 Å². The van der Waals surface area contributed by atoms with Crippen LogP contribution in [-0.4, -0.2) is 43.4 Å². The third-order valence-corrected chi connectivity index (χ3v) is 8.55. The molecule has 0 amide bonds. The topological polar surface area (TPSA) is 68.7 Å². The molecule has 0 saturated carbocycles. The summed E-state index contributed by atoms with van der Waals surface area (Å²) in [6.45, 7) is 2.21. The van der Waals surface area contributed by atoms with E-state index in [0.717, 1.165) is 40.3 Å². The van der Waals surface area contributed by atoms with E-state index >= 15 is 0 Å². The summed E-state index contributed by atoms with van der Waals surface area (Å²) in [5, 5.41) is -0.384. The zero-order valence-electron chi connectivity index (χ0n) is 16.2. The van der Waals surface area contributed by atoms with E-state index in [-0.39, 0.29) is 18.0 Å². The highest BCUT2D eigenvalue weighted by atomic mass is 32.2. The SMILES string of the molecule is O=S1(=O)c2ccc(-c3cccnc3)cc2[C@H]2CN(Cc3ccc4c(c3)OCO4)C[C@@H]21. The fraction of sp³-hybridized carbons (Fsp3) is 0.261. The van der Waals surface area contributed by atoms with E-state index < -0.39 is 9.84 Å². The van der Waals surface area contributed by atoms with Gasteiger partial charge in [0.2, 0.25) is 6.79 Å². The number of aromatic nitrogens is 1. The Morgan fingerprint density at radius 2 is 1.90 bits per heavy atom. The predicted molar refractivity (Wildman–Crippen MR) is 111 cm³/mol. The van der Waals surface area contributed by atoms with Gasteiger partial charge in [-0.2, -0.15) is 0 Å². The number of ether oxygens (including phenoxy) is 2. The summed E-state index contributed by atoms with van der Waals surface area (Å²) in [5.74, 6) is 1.51. The Morgan fingerprint density at radius 1 is 1.00 bits per heavy atom. The molecular weight excluding hydrogens is 400 g/mol. The summed E-state index contributed by atoms with van der Waals surface area (Å²) in [7, 11) is -3.32. The van der Waals surface area contributed by atoms with Crippen molar-refractivity contribution >= 4 is 9.84 Å².